The van der Waals surface area contributed by atoms with Gasteiger partial charge >= 0.3 is 0 Å². The van der Waals surface area contributed by atoms with Crippen LogP contribution in [0.15, 0.2) is 0 Å². The van der Waals surface area contributed by atoms with Crippen LogP contribution in [0.2, 0.25) is 0 Å². The summed E-state index contributed by atoms with van der Waals surface area (Å²) < 4.78 is 9.80. The van der Waals surface area contributed by atoms with Crippen molar-refractivity contribution >= 4 is 17.7 Å². The first-order valence-electron chi connectivity index (χ1n) is 5.20. The van der Waals surface area contributed by atoms with E-state index < -0.39 is 0 Å². The summed E-state index contributed by atoms with van der Waals surface area (Å²) in [6, 6.07) is 0. The molecule has 0 bridgehead atoms. The molecule has 0 aliphatic heterocycles. The van der Waals surface area contributed by atoms with E-state index in [1.165, 1.54) is 11.8 Å². The second kappa shape index (κ2) is 11.2. The minimum atomic E-state index is -0.0157. The van der Waals surface area contributed by atoms with Crippen molar-refractivity contribution in [1.82, 2.24) is 4.90 Å². The van der Waals surface area contributed by atoms with Gasteiger partial charge in [-0.15, -0.1) is 11.8 Å². The second-order valence-electron chi connectivity index (χ2n) is 3.14. The smallest absolute Gasteiger partial charge is 0.232 e. The minimum Gasteiger partial charge on any atom is -0.395 e. The van der Waals surface area contributed by atoms with Gasteiger partial charge in [0.15, 0.2) is 0 Å². The molecule has 0 fully saturated rings. The molecular weight excluding hydrogens is 230 g/mol. The van der Waals surface area contributed by atoms with Crippen molar-refractivity contribution < 1.29 is 19.4 Å². The van der Waals surface area contributed by atoms with E-state index >= 15 is 0 Å². The zero-order valence-electron chi connectivity index (χ0n) is 9.98. The maximum atomic E-state index is 11.7. The molecule has 96 valence electrons. The fourth-order valence-electron chi connectivity index (χ4n) is 1.08. The fraction of sp³-hybridized carbons (Fsp3) is 0.900. The molecule has 0 aromatic rings. The standard InChI is InChI=1S/C10H21NO4S/c1-14-6-4-11(3-5-12)10(13)9-16-8-7-15-2/h12H,3-9H2,1-2H3. The molecule has 0 saturated carbocycles. The van der Waals surface area contributed by atoms with Gasteiger partial charge in [0, 0.05) is 33.1 Å². The summed E-state index contributed by atoms with van der Waals surface area (Å²) in [5.41, 5.74) is 0. The van der Waals surface area contributed by atoms with Crippen LogP contribution in [0.3, 0.4) is 0 Å². The number of carbonyl (C=O) groups excluding carboxylic acids is 1. The summed E-state index contributed by atoms with van der Waals surface area (Å²) in [6.45, 7) is 2.02. The van der Waals surface area contributed by atoms with Crippen LogP contribution >= 0.6 is 11.8 Å². The first-order chi connectivity index (χ1) is 7.76. The van der Waals surface area contributed by atoms with Crippen molar-refractivity contribution in [3.63, 3.8) is 0 Å². The Labute approximate surface area is 101 Å². The van der Waals surface area contributed by atoms with E-state index in [0.717, 1.165) is 5.75 Å². The fourth-order valence-corrected chi connectivity index (χ4v) is 1.86. The van der Waals surface area contributed by atoms with Crippen LogP contribution in [0, 0.1) is 0 Å². The lowest BCUT2D eigenvalue weighted by Crippen LogP contribution is -2.37. The molecule has 0 aromatic carbocycles. The molecule has 0 atom stereocenters. The first kappa shape index (κ1) is 15.7. The molecule has 0 aliphatic carbocycles. The Bertz CT molecular complexity index is 180. The maximum absolute atomic E-state index is 11.7. The summed E-state index contributed by atoms with van der Waals surface area (Å²) in [4.78, 5) is 13.3. The maximum Gasteiger partial charge on any atom is 0.232 e. The third-order valence-electron chi connectivity index (χ3n) is 1.95. The Hall–Kier alpha value is -0.300. The highest BCUT2D eigenvalue weighted by Gasteiger charge is 2.12. The highest BCUT2D eigenvalue weighted by molar-refractivity contribution is 7.99. The van der Waals surface area contributed by atoms with Crippen molar-refractivity contribution in [3.8, 4) is 0 Å². The molecule has 0 saturated heterocycles. The molecule has 6 heteroatoms. The van der Waals surface area contributed by atoms with Gasteiger partial charge in [0.2, 0.25) is 5.91 Å². The quantitative estimate of drug-likeness (QED) is 0.546. The molecule has 0 spiro atoms. The molecule has 0 unspecified atom stereocenters. The molecule has 0 rings (SSSR count). The van der Waals surface area contributed by atoms with Gasteiger partial charge in [-0.1, -0.05) is 0 Å². The highest BCUT2D eigenvalue weighted by atomic mass is 32.2. The summed E-state index contributed by atoms with van der Waals surface area (Å²) >= 11 is 1.53. The lowest BCUT2D eigenvalue weighted by molar-refractivity contribution is -0.129. The van der Waals surface area contributed by atoms with Crippen LogP contribution in [-0.2, 0) is 14.3 Å². The number of ether oxygens (including phenoxy) is 2. The SMILES string of the molecule is COCCSCC(=O)N(CCO)CCOC. The predicted octanol–water partition coefficient (Wildman–Crippen LogP) is -0.167. The molecule has 0 radical (unpaired) electrons. The Balaban J connectivity index is 3.77. The van der Waals surface area contributed by atoms with Crippen LogP contribution in [0.5, 0.6) is 0 Å². The number of amides is 1. The van der Waals surface area contributed by atoms with Gasteiger partial charge in [0.05, 0.1) is 25.6 Å². The van der Waals surface area contributed by atoms with Crippen LogP contribution < -0.4 is 0 Å². The summed E-state index contributed by atoms with van der Waals surface area (Å²) in [7, 11) is 3.23. The molecule has 0 aliphatic rings. The monoisotopic (exact) mass is 251 g/mol. The van der Waals surface area contributed by atoms with Gasteiger partial charge < -0.3 is 19.5 Å². The van der Waals surface area contributed by atoms with E-state index in [1.54, 1.807) is 19.1 Å². The van der Waals surface area contributed by atoms with Crippen LogP contribution in [-0.4, -0.2) is 74.5 Å². The second-order valence-corrected chi connectivity index (χ2v) is 4.25. The first-order valence-corrected chi connectivity index (χ1v) is 6.36. The molecule has 1 amide bonds. The molecule has 0 aromatic heterocycles. The van der Waals surface area contributed by atoms with Crippen molar-refractivity contribution in [3.05, 3.63) is 0 Å². The highest BCUT2D eigenvalue weighted by Crippen LogP contribution is 2.02. The Morgan fingerprint density at radius 3 is 2.50 bits per heavy atom. The van der Waals surface area contributed by atoms with Gasteiger partial charge in [0.25, 0.3) is 0 Å². The number of aliphatic hydroxyl groups is 1. The van der Waals surface area contributed by atoms with Gasteiger partial charge in [-0.2, -0.15) is 0 Å². The van der Waals surface area contributed by atoms with Crippen molar-refractivity contribution in [1.29, 1.82) is 0 Å². The van der Waals surface area contributed by atoms with Gasteiger partial charge in [-0.05, 0) is 0 Å². The van der Waals surface area contributed by atoms with E-state index in [9.17, 15) is 4.79 Å². The number of thioether (sulfide) groups is 1. The van der Waals surface area contributed by atoms with E-state index in [-0.39, 0.29) is 12.5 Å². The van der Waals surface area contributed by atoms with Gasteiger partial charge in [0.1, 0.15) is 0 Å². The largest absolute Gasteiger partial charge is 0.395 e. The minimum absolute atomic E-state index is 0.0157. The molecule has 1 N–H and O–H groups in total. The lowest BCUT2D eigenvalue weighted by Gasteiger charge is -2.21. The topological polar surface area (TPSA) is 59.0 Å². The predicted molar refractivity (Wildman–Crippen MR) is 64.7 cm³/mol. The zero-order chi connectivity index (χ0) is 12.2. The van der Waals surface area contributed by atoms with E-state index in [1.807, 2.05) is 0 Å². The van der Waals surface area contributed by atoms with Crippen molar-refractivity contribution in [2.45, 2.75) is 0 Å². The Morgan fingerprint density at radius 1 is 1.25 bits per heavy atom. The van der Waals surface area contributed by atoms with Crippen LogP contribution in [0.25, 0.3) is 0 Å². The van der Waals surface area contributed by atoms with Gasteiger partial charge in [-0.25, -0.2) is 0 Å². The normalized spacial score (nSPS) is 10.4. The van der Waals surface area contributed by atoms with Crippen LogP contribution in [0.1, 0.15) is 0 Å². The van der Waals surface area contributed by atoms with Gasteiger partial charge in [-0.3, -0.25) is 4.79 Å². The number of hydrogen-bond donors (Lipinski definition) is 1. The Morgan fingerprint density at radius 2 is 1.94 bits per heavy atom. The molecule has 0 heterocycles. The third kappa shape index (κ3) is 7.92. The van der Waals surface area contributed by atoms with E-state index in [0.29, 0.717) is 32.1 Å². The van der Waals surface area contributed by atoms with E-state index in [2.05, 4.69) is 0 Å². The number of carbonyl (C=O) groups is 1. The average Bonchev–Trinajstić information content (AvgIpc) is 2.29. The molecular formula is C10H21NO4S. The number of aliphatic hydroxyl groups excluding tert-OH is 1. The van der Waals surface area contributed by atoms with Crippen LogP contribution in [0.4, 0.5) is 0 Å². The number of nitrogens with zero attached hydrogens (tertiary/aromatic N) is 1. The van der Waals surface area contributed by atoms with Crippen molar-refractivity contribution in [2.24, 2.45) is 0 Å². The third-order valence-corrected chi connectivity index (χ3v) is 2.85. The number of hydrogen-bond acceptors (Lipinski definition) is 5. The summed E-state index contributed by atoms with van der Waals surface area (Å²) in [5.74, 6) is 1.26. The summed E-state index contributed by atoms with van der Waals surface area (Å²) in [6.07, 6.45) is 0. The molecule has 16 heavy (non-hydrogen) atoms. The van der Waals surface area contributed by atoms with E-state index in [4.69, 9.17) is 14.6 Å². The number of methoxy groups -OCH3 is 2. The summed E-state index contributed by atoms with van der Waals surface area (Å²) in [5, 5.41) is 8.83. The average molecular weight is 251 g/mol. The lowest BCUT2D eigenvalue weighted by atomic mass is 10.4. The Kier molecular flexibility index (Phi) is 11.0. The molecule has 5 nitrogen and oxygen atoms in total. The number of rotatable bonds is 10. The van der Waals surface area contributed by atoms with Crippen molar-refractivity contribution in [2.75, 3.05) is 58.6 Å². The zero-order valence-corrected chi connectivity index (χ0v) is 10.8.